The molecule has 1 saturated carbocycles. The number of aldehydes is 1. The van der Waals surface area contributed by atoms with Gasteiger partial charge in [0.25, 0.3) is 0 Å². The molecule has 0 heterocycles. The van der Waals surface area contributed by atoms with Gasteiger partial charge in [0.1, 0.15) is 6.29 Å². The maximum atomic E-state index is 10.9. The second-order valence-corrected chi connectivity index (χ2v) is 4.16. The van der Waals surface area contributed by atoms with Crippen LogP contribution in [0.1, 0.15) is 20.3 Å². The van der Waals surface area contributed by atoms with Gasteiger partial charge in [-0.2, -0.15) is 0 Å². The van der Waals surface area contributed by atoms with E-state index < -0.39 is 0 Å². The van der Waals surface area contributed by atoms with Crippen LogP contribution < -0.4 is 0 Å². The van der Waals surface area contributed by atoms with Gasteiger partial charge in [0.05, 0.1) is 0 Å². The Kier molecular flexibility index (Phi) is 1.26. The summed E-state index contributed by atoms with van der Waals surface area (Å²) in [6, 6.07) is 0. The Morgan fingerprint density at radius 1 is 1.55 bits per heavy atom. The molecule has 0 aliphatic heterocycles. The molecule has 60 valence electrons. The van der Waals surface area contributed by atoms with E-state index in [4.69, 9.17) is 0 Å². The summed E-state index contributed by atoms with van der Waals surface area (Å²) in [5, 5.41) is 0. The first kappa shape index (κ1) is 7.08. The molecule has 0 aromatic rings. The lowest BCUT2D eigenvalue weighted by Gasteiger charge is -2.30. The van der Waals surface area contributed by atoms with Crippen molar-refractivity contribution >= 4 is 6.29 Å². The molecule has 1 fully saturated rings. The molecule has 2 bridgehead atoms. The zero-order chi connectivity index (χ0) is 8.06. The fraction of sp³-hybridized carbons (Fsp3) is 0.700. The van der Waals surface area contributed by atoms with Gasteiger partial charge in [0, 0.05) is 5.41 Å². The fourth-order valence-electron chi connectivity index (χ4n) is 2.55. The molecule has 0 spiro atoms. The number of carbonyl (C=O) groups is 1. The van der Waals surface area contributed by atoms with Gasteiger partial charge < -0.3 is 4.79 Å². The summed E-state index contributed by atoms with van der Waals surface area (Å²) in [4.78, 5) is 10.9. The highest BCUT2D eigenvalue weighted by Gasteiger charge is 2.50. The quantitative estimate of drug-likeness (QED) is 0.413. The van der Waals surface area contributed by atoms with Gasteiger partial charge in [-0.25, -0.2) is 0 Å². The Bertz CT molecular complexity index is 219. The molecule has 2 rings (SSSR count). The molecule has 0 radical (unpaired) electrons. The second kappa shape index (κ2) is 1.96. The van der Waals surface area contributed by atoms with Crippen LogP contribution >= 0.6 is 0 Å². The first-order valence-corrected chi connectivity index (χ1v) is 4.33. The van der Waals surface area contributed by atoms with Gasteiger partial charge in [-0.3, -0.25) is 0 Å². The largest absolute Gasteiger partial charge is 0.303 e. The van der Waals surface area contributed by atoms with E-state index in [9.17, 15) is 4.79 Å². The van der Waals surface area contributed by atoms with Crippen molar-refractivity contribution in [2.45, 2.75) is 20.3 Å². The molecule has 0 unspecified atom stereocenters. The maximum Gasteiger partial charge on any atom is 0.126 e. The molecule has 0 amide bonds. The Morgan fingerprint density at radius 2 is 2.27 bits per heavy atom. The van der Waals surface area contributed by atoms with E-state index >= 15 is 0 Å². The van der Waals surface area contributed by atoms with Crippen LogP contribution in [0.2, 0.25) is 0 Å². The minimum absolute atomic E-state index is 0.0561. The normalized spacial score (nSPS) is 53.5. The molecule has 1 nitrogen and oxygen atoms in total. The van der Waals surface area contributed by atoms with Crippen molar-refractivity contribution in [2.75, 3.05) is 0 Å². The summed E-state index contributed by atoms with van der Waals surface area (Å²) in [5.41, 5.74) is -0.0561. The maximum absolute atomic E-state index is 10.9. The van der Waals surface area contributed by atoms with E-state index in [1.54, 1.807) is 0 Å². The zero-order valence-electron chi connectivity index (χ0n) is 7.08. The van der Waals surface area contributed by atoms with E-state index in [2.05, 4.69) is 26.0 Å². The fourth-order valence-corrected chi connectivity index (χ4v) is 2.55. The van der Waals surface area contributed by atoms with Gasteiger partial charge in [0.2, 0.25) is 0 Å². The molecule has 11 heavy (non-hydrogen) atoms. The van der Waals surface area contributed by atoms with E-state index in [1.807, 2.05) is 0 Å². The number of rotatable bonds is 1. The topological polar surface area (TPSA) is 17.1 Å². The summed E-state index contributed by atoms with van der Waals surface area (Å²) in [6.07, 6.45) is 6.86. The number of hydrogen-bond acceptors (Lipinski definition) is 1. The van der Waals surface area contributed by atoms with E-state index in [0.717, 1.165) is 6.29 Å². The number of fused-ring (bicyclic) bond motifs is 2. The molecule has 1 heteroatoms. The standard InChI is InChI=1S/C10H14O/c1-7-8-3-4-9(5-8)10(7,2)6-11/h3-4,6-9H,5H2,1-2H3/t7-,8+,9-,10-/m1/s1. The molecule has 4 atom stereocenters. The van der Waals surface area contributed by atoms with E-state index in [0.29, 0.717) is 17.8 Å². The molecular formula is C10H14O. The third kappa shape index (κ3) is 0.688. The average Bonchev–Trinajstić information content (AvgIpc) is 2.56. The van der Waals surface area contributed by atoms with Gasteiger partial charge in [-0.15, -0.1) is 0 Å². The van der Waals surface area contributed by atoms with Crippen molar-refractivity contribution in [1.82, 2.24) is 0 Å². The van der Waals surface area contributed by atoms with Crippen LogP contribution in [0.15, 0.2) is 12.2 Å². The van der Waals surface area contributed by atoms with Crippen molar-refractivity contribution in [3.05, 3.63) is 12.2 Å². The summed E-state index contributed by atoms with van der Waals surface area (Å²) in [5.74, 6) is 1.75. The minimum Gasteiger partial charge on any atom is -0.303 e. The Labute approximate surface area is 67.5 Å². The number of carbonyl (C=O) groups excluding carboxylic acids is 1. The van der Waals surface area contributed by atoms with E-state index in [1.165, 1.54) is 6.42 Å². The third-order valence-electron chi connectivity index (χ3n) is 3.79. The van der Waals surface area contributed by atoms with Crippen LogP contribution in [0.5, 0.6) is 0 Å². The van der Waals surface area contributed by atoms with Crippen LogP contribution in [0.25, 0.3) is 0 Å². The van der Waals surface area contributed by atoms with Crippen molar-refractivity contribution in [3.63, 3.8) is 0 Å². The van der Waals surface area contributed by atoms with Crippen molar-refractivity contribution in [3.8, 4) is 0 Å². The highest BCUT2D eigenvalue weighted by molar-refractivity contribution is 5.62. The van der Waals surface area contributed by atoms with Gasteiger partial charge in [-0.1, -0.05) is 26.0 Å². The second-order valence-electron chi connectivity index (χ2n) is 4.16. The molecule has 2 aliphatic carbocycles. The molecule has 0 aromatic carbocycles. The molecule has 0 N–H and O–H groups in total. The van der Waals surface area contributed by atoms with Gasteiger partial charge in [0.15, 0.2) is 0 Å². The lowest BCUT2D eigenvalue weighted by molar-refractivity contribution is -0.118. The van der Waals surface area contributed by atoms with Gasteiger partial charge >= 0.3 is 0 Å². The summed E-state index contributed by atoms with van der Waals surface area (Å²) in [6.45, 7) is 4.29. The van der Waals surface area contributed by atoms with Crippen molar-refractivity contribution < 1.29 is 4.79 Å². The van der Waals surface area contributed by atoms with Crippen LogP contribution in [-0.2, 0) is 4.79 Å². The first-order valence-electron chi connectivity index (χ1n) is 4.33. The van der Waals surface area contributed by atoms with Crippen LogP contribution in [0, 0.1) is 23.2 Å². The smallest absolute Gasteiger partial charge is 0.126 e. The minimum atomic E-state index is -0.0561. The van der Waals surface area contributed by atoms with Crippen LogP contribution in [-0.4, -0.2) is 6.29 Å². The van der Waals surface area contributed by atoms with E-state index in [-0.39, 0.29) is 5.41 Å². The zero-order valence-corrected chi connectivity index (χ0v) is 7.08. The van der Waals surface area contributed by atoms with Crippen LogP contribution in [0.3, 0.4) is 0 Å². The van der Waals surface area contributed by atoms with Crippen molar-refractivity contribution in [1.29, 1.82) is 0 Å². The van der Waals surface area contributed by atoms with Crippen LogP contribution in [0.4, 0.5) is 0 Å². The number of hydrogen-bond donors (Lipinski definition) is 0. The summed E-state index contributed by atoms with van der Waals surface area (Å²) < 4.78 is 0. The molecule has 0 aromatic heterocycles. The lowest BCUT2D eigenvalue weighted by atomic mass is 9.72. The highest BCUT2D eigenvalue weighted by atomic mass is 16.1. The number of allylic oxidation sites excluding steroid dienone is 2. The summed E-state index contributed by atoms with van der Waals surface area (Å²) in [7, 11) is 0. The Balaban J connectivity index is 2.38. The lowest BCUT2D eigenvalue weighted by Crippen LogP contribution is -2.30. The predicted molar refractivity (Wildman–Crippen MR) is 44.1 cm³/mol. The first-order chi connectivity index (χ1) is 5.18. The highest BCUT2D eigenvalue weighted by Crippen LogP contribution is 2.54. The monoisotopic (exact) mass is 150 g/mol. The Hall–Kier alpha value is -0.590. The summed E-state index contributed by atoms with van der Waals surface area (Å²) >= 11 is 0. The Morgan fingerprint density at radius 3 is 2.64 bits per heavy atom. The molecular weight excluding hydrogens is 136 g/mol. The molecule has 0 saturated heterocycles. The SMILES string of the molecule is C[C@@H]1[C@H]2C=C[C@H](C2)[C@]1(C)C=O. The average molecular weight is 150 g/mol. The predicted octanol–water partition coefficient (Wildman–Crippen LogP) is 2.03. The van der Waals surface area contributed by atoms with Crippen molar-refractivity contribution in [2.24, 2.45) is 23.2 Å². The molecule has 2 aliphatic rings. The van der Waals surface area contributed by atoms with Gasteiger partial charge in [-0.05, 0) is 24.2 Å². The third-order valence-corrected chi connectivity index (χ3v) is 3.79.